The summed E-state index contributed by atoms with van der Waals surface area (Å²) in [5.74, 6) is -0.0688. The first kappa shape index (κ1) is 17.9. The summed E-state index contributed by atoms with van der Waals surface area (Å²) in [7, 11) is 0. The zero-order chi connectivity index (χ0) is 18.8. The Labute approximate surface area is 152 Å². The average molecular weight is 352 g/mol. The minimum atomic E-state index is -0.136. The van der Waals surface area contributed by atoms with Gasteiger partial charge in [0.1, 0.15) is 5.75 Å². The molecule has 26 heavy (non-hydrogen) atoms. The van der Waals surface area contributed by atoms with Crippen LogP contribution in [0.2, 0.25) is 0 Å². The highest BCUT2D eigenvalue weighted by Crippen LogP contribution is 2.26. The lowest BCUT2D eigenvalue weighted by Gasteiger charge is -2.13. The molecule has 3 rings (SSSR count). The third kappa shape index (κ3) is 3.40. The van der Waals surface area contributed by atoms with E-state index in [1.54, 1.807) is 24.3 Å². The molecule has 136 valence electrons. The first-order valence-corrected chi connectivity index (χ1v) is 8.79. The number of aromatic hydroxyl groups is 1. The Kier molecular flexibility index (Phi) is 4.93. The zero-order valence-corrected chi connectivity index (χ0v) is 15.6. The number of phenols is 1. The van der Waals surface area contributed by atoms with Crippen molar-refractivity contribution in [3.8, 4) is 5.75 Å². The molecule has 0 saturated heterocycles. The summed E-state index contributed by atoms with van der Waals surface area (Å²) in [5.41, 5.74) is 4.44. The highest BCUT2D eigenvalue weighted by atomic mass is 16.3. The molecule has 1 amide bonds. The van der Waals surface area contributed by atoms with Crippen LogP contribution in [-0.4, -0.2) is 25.8 Å². The minimum Gasteiger partial charge on any atom is -0.506 e. The lowest BCUT2D eigenvalue weighted by Crippen LogP contribution is -2.13. The number of pyridine rings is 1. The van der Waals surface area contributed by atoms with Crippen molar-refractivity contribution in [3.05, 3.63) is 47.3 Å². The van der Waals surface area contributed by atoms with Gasteiger partial charge in [0.15, 0.2) is 5.65 Å². The number of benzene rings is 1. The molecule has 0 aliphatic carbocycles. The average Bonchev–Trinajstić information content (AvgIpc) is 3.01. The van der Waals surface area contributed by atoms with E-state index in [0.29, 0.717) is 18.5 Å². The number of para-hydroxylation sites is 2. The van der Waals surface area contributed by atoms with Crippen LogP contribution in [0.4, 0.5) is 5.69 Å². The van der Waals surface area contributed by atoms with Gasteiger partial charge < -0.3 is 10.4 Å². The van der Waals surface area contributed by atoms with E-state index in [0.717, 1.165) is 27.9 Å². The summed E-state index contributed by atoms with van der Waals surface area (Å²) in [6, 6.07) is 6.96. The van der Waals surface area contributed by atoms with Crippen molar-refractivity contribution in [3.63, 3.8) is 0 Å². The Morgan fingerprint density at radius 1 is 1.27 bits per heavy atom. The molecule has 0 radical (unpaired) electrons. The molecule has 0 spiro atoms. The fourth-order valence-electron chi connectivity index (χ4n) is 3.17. The molecule has 2 aromatic heterocycles. The summed E-state index contributed by atoms with van der Waals surface area (Å²) < 4.78 is 1.92. The summed E-state index contributed by atoms with van der Waals surface area (Å²) in [6.45, 7) is 8.19. The monoisotopic (exact) mass is 352 g/mol. The number of hydrogen-bond acceptors (Lipinski definition) is 4. The van der Waals surface area contributed by atoms with E-state index in [1.807, 2.05) is 17.8 Å². The molecule has 0 bridgehead atoms. The number of carbonyl (C=O) groups excluding carboxylic acids is 1. The Morgan fingerprint density at radius 3 is 2.69 bits per heavy atom. The number of rotatable bonds is 5. The lowest BCUT2D eigenvalue weighted by molar-refractivity contribution is -0.116. The topological polar surface area (TPSA) is 80.0 Å². The van der Waals surface area contributed by atoms with E-state index in [4.69, 9.17) is 4.98 Å². The van der Waals surface area contributed by atoms with Crippen molar-refractivity contribution >= 4 is 22.6 Å². The van der Waals surface area contributed by atoms with Gasteiger partial charge in [-0.3, -0.25) is 4.79 Å². The van der Waals surface area contributed by atoms with E-state index < -0.39 is 0 Å². The second-order valence-corrected chi connectivity index (χ2v) is 6.79. The first-order chi connectivity index (χ1) is 12.4. The van der Waals surface area contributed by atoms with E-state index in [9.17, 15) is 9.90 Å². The largest absolute Gasteiger partial charge is 0.506 e. The summed E-state index contributed by atoms with van der Waals surface area (Å²) in [6.07, 6.45) is 2.76. The van der Waals surface area contributed by atoms with Crippen LogP contribution < -0.4 is 5.32 Å². The number of nitrogens with one attached hydrogen (secondary N) is 1. The highest BCUT2D eigenvalue weighted by Gasteiger charge is 2.16. The SMILES string of the molecule is Cc1nc2c(cnn2C(C)C)c(C)c1CCC(=O)Nc1ccccc1O. The minimum absolute atomic E-state index is 0.0670. The Bertz CT molecular complexity index is 960. The highest BCUT2D eigenvalue weighted by molar-refractivity contribution is 5.92. The number of phenolic OH excluding ortho intramolecular Hbond substituents is 1. The molecule has 0 unspecified atom stereocenters. The van der Waals surface area contributed by atoms with Gasteiger partial charge in [0, 0.05) is 23.5 Å². The van der Waals surface area contributed by atoms with Gasteiger partial charge in [-0.25, -0.2) is 9.67 Å². The van der Waals surface area contributed by atoms with Crippen LogP contribution in [0.5, 0.6) is 5.75 Å². The number of amides is 1. The molecule has 1 aromatic carbocycles. The molecule has 3 aromatic rings. The second kappa shape index (κ2) is 7.15. The van der Waals surface area contributed by atoms with Crippen LogP contribution in [0.1, 0.15) is 43.1 Å². The molecular weight excluding hydrogens is 328 g/mol. The van der Waals surface area contributed by atoms with E-state index in [2.05, 4.69) is 31.2 Å². The number of nitrogens with zero attached hydrogens (tertiary/aromatic N) is 3. The van der Waals surface area contributed by atoms with E-state index in [-0.39, 0.29) is 17.7 Å². The van der Waals surface area contributed by atoms with Crippen LogP contribution in [0.25, 0.3) is 11.0 Å². The van der Waals surface area contributed by atoms with Crippen molar-refractivity contribution in [2.45, 2.75) is 46.6 Å². The first-order valence-electron chi connectivity index (χ1n) is 8.79. The molecule has 0 fully saturated rings. The fraction of sp³-hybridized carbons (Fsp3) is 0.350. The van der Waals surface area contributed by atoms with Crippen LogP contribution in [0.15, 0.2) is 30.5 Å². The Balaban J connectivity index is 1.79. The molecule has 2 N–H and O–H groups in total. The van der Waals surface area contributed by atoms with Gasteiger partial charge in [0.25, 0.3) is 0 Å². The van der Waals surface area contributed by atoms with Gasteiger partial charge in [-0.15, -0.1) is 0 Å². The maximum atomic E-state index is 12.3. The lowest BCUT2D eigenvalue weighted by atomic mass is 10.0. The fourth-order valence-corrected chi connectivity index (χ4v) is 3.17. The van der Waals surface area contributed by atoms with Gasteiger partial charge in [0.2, 0.25) is 5.91 Å². The summed E-state index contributed by atoms with van der Waals surface area (Å²) in [4.78, 5) is 17.0. The van der Waals surface area contributed by atoms with Gasteiger partial charge in [0.05, 0.1) is 11.9 Å². The molecule has 0 aliphatic rings. The Morgan fingerprint density at radius 2 is 2.00 bits per heavy atom. The van der Waals surface area contributed by atoms with E-state index >= 15 is 0 Å². The number of hydrogen-bond donors (Lipinski definition) is 2. The van der Waals surface area contributed by atoms with Gasteiger partial charge in [-0.1, -0.05) is 12.1 Å². The molecule has 6 heteroatoms. The predicted molar refractivity (Wildman–Crippen MR) is 102 cm³/mol. The number of anilines is 1. The smallest absolute Gasteiger partial charge is 0.224 e. The standard InChI is InChI=1S/C20H24N4O2/c1-12(2)24-20-16(11-21-24)13(3)15(14(4)22-20)9-10-19(26)23-17-7-5-6-8-18(17)25/h5-8,11-12,25H,9-10H2,1-4H3,(H,23,26). The number of carbonyl (C=O) groups is 1. The van der Waals surface area contributed by atoms with Crippen LogP contribution >= 0.6 is 0 Å². The van der Waals surface area contributed by atoms with Crippen molar-refractivity contribution < 1.29 is 9.90 Å². The predicted octanol–water partition coefficient (Wildman–Crippen LogP) is 3.91. The summed E-state index contributed by atoms with van der Waals surface area (Å²) >= 11 is 0. The van der Waals surface area contributed by atoms with Crippen LogP contribution in [0.3, 0.4) is 0 Å². The van der Waals surface area contributed by atoms with Crippen LogP contribution in [-0.2, 0) is 11.2 Å². The van der Waals surface area contributed by atoms with Gasteiger partial charge >= 0.3 is 0 Å². The second-order valence-electron chi connectivity index (χ2n) is 6.79. The number of fused-ring (bicyclic) bond motifs is 1. The third-order valence-electron chi connectivity index (χ3n) is 4.61. The quantitative estimate of drug-likeness (QED) is 0.682. The number of aryl methyl sites for hydroxylation is 2. The molecule has 0 saturated carbocycles. The molecule has 0 aliphatic heterocycles. The van der Waals surface area contributed by atoms with Gasteiger partial charge in [-0.2, -0.15) is 5.10 Å². The van der Waals surface area contributed by atoms with Crippen molar-refractivity contribution in [1.82, 2.24) is 14.8 Å². The summed E-state index contributed by atoms with van der Waals surface area (Å²) in [5, 5.41) is 18.0. The zero-order valence-electron chi connectivity index (χ0n) is 15.6. The van der Waals surface area contributed by atoms with E-state index in [1.165, 1.54) is 0 Å². The third-order valence-corrected chi connectivity index (χ3v) is 4.61. The number of aromatic nitrogens is 3. The molecule has 0 atom stereocenters. The Hall–Kier alpha value is -2.89. The van der Waals surface area contributed by atoms with Crippen molar-refractivity contribution in [2.75, 3.05) is 5.32 Å². The molecule has 6 nitrogen and oxygen atoms in total. The maximum absolute atomic E-state index is 12.3. The van der Waals surface area contributed by atoms with Crippen LogP contribution in [0, 0.1) is 13.8 Å². The molecule has 2 heterocycles. The molecular formula is C20H24N4O2. The van der Waals surface area contributed by atoms with Crippen molar-refractivity contribution in [2.24, 2.45) is 0 Å². The van der Waals surface area contributed by atoms with Gasteiger partial charge in [-0.05, 0) is 57.4 Å². The van der Waals surface area contributed by atoms with Crippen molar-refractivity contribution in [1.29, 1.82) is 0 Å². The maximum Gasteiger partial charge on any atom is 0.224 e. The normalized spacial score (nSPS) is 11.3.